The minimum Gasteiger partial charge on any atom is -0.356 e. The number of rotatable bonds is 6. The maximum atomic E-state index is 12.0. The molecule has 0 unspecified atom stereocenters. The molecular formula is C18H26N4O3S. The Bertz CT molecular complexity index is 798. The van der Waals surface area contributed by atoms with E-state index in [0.717, 1.165) is 25.9 Å². The summed E-state index contributed by atoms with van der Waals surface area (Å²) in [5.74, 6) is 0.389. The van der Waals surface area contributed by atoms with E-state index in [1.165, 1.54) is 0 Å². The van der Waals surface area contributed by atoms with Crippen molar-refractivity contribution >= 4 is 21.8 Å². The van der Waals surface area contributed by atoms with Gasteiger partial charge in [-0.15, -0.1) is 0 Å². The quantitative estimate of drug-likeness (QED) is 0.643. The fourth-order valence-corrected chi connectivity index (χ4v) is 4.54. The highest BCUT2D eigenvalue weighted by molar-refractivity contribution is 7.90. The molecule has 8 heteroatoms. The van der Waals surface area contributed by atoms with Gasteiger partial charge in [-0.1, -0.05) is 19.1 Å². The smallest absolute Gasteiger partial charge is 0.263 e. The lowest BCUT2D eigenvalue weighted by molar-refractivity contribution is -0.121. The first-order valence-corrected chi connectivity index (χ1v) is 10.5. The molecule has 1 aromatic carbocycles. The summed E-state index contributed by atoms with van der Waals surface area (Å²) in [7, 11) is -3.50. The van der Waals surface area contributed by atoms with Gasteiger partial charge in [0.2, 0.25) is 5.91 Å². The van der Waals surface area contributed by atoms with Crippen molar-refractivity contribution in [3.05, 3.63) is 29.8 Å². The van der Waals surface area contributed by atoms with E-state index in [4.69, 9.17) is 0 Å². The summed E-state index contributed by atoms with van der Waals surface area (Å²) in [4.78, 5) is 16.6. The molecule has 2 heterocycles. The van der Waals surface area contributed by atoms with E-state index in [0.29, 0.717) is 37.3 Å². The van der Waals surface area contributed by atoms with Gasteiger partial charge in [-0.05, 0) is 49.9 Å². The summed E-state index contributed by atoms with van der Waals surface area (Å²) in [5, 5.41) is 6.36. The number of fused-ring (bicyclic) bond motifs is 1. The molecule has 3 rings (SSSR count). The molecule has 1 amide bonds. The van der Waals surface area contributed by atoms with Crippen LogP contribution >= 0.6 is 0 Å². The van der Waals surface area contributed by atoms with Crippen molar-refractivity contribution < 1.29 is 13.2 Å². The van der Waals surface area contributed by atoms with Crippen LogP contribution in [-0.4, -0.2) is 46.3 Å². The topological polar surface area (TPSA) is 99.7 Å². The largest absolute Gasteiger partial charge is 0.356 e. The molecule has 0 bridgehead atoms. The molecule has 2 aliphatic rings. The Labute approximate surface area is 154 Å². The van der Waals surface area contributed by atoms with Crippen LogP contribution in [0.3, 0.4) is 0 Å². The van der Waals surface area contributed by atoms with Crippen molar-refractivity contribution in [3.8, 4) is 0 Å². The number of hydrogen-bond acceptors (Lipinski definition) is 5. The fourth-order valence-electron chi connectivity index (χ4n) is 3.29. The molecule has 0 radical (unpaired) electrons. The van der Waals surface area contributed by atoms with E-state index in [2.05, 4.69) is 27.3 Å². The average molecular weight is 378 g/mol. The van der Waals surface area contributed by atoms with Gasteiger partial charge in [0.15, 0.2) is 0 Å². The number of amides is 1. The molecular weight excluding hydrogens is 352 g/mol. The Kier molecular flexibility index (Phi) is 5.62. The first-order valence-electron chi connectivity index (χ1n) is 9.04. The second-order valence-corrected chi connectivity index (χ2v) is 8.92. The van der Waals surface area contributed by atoms with E-state index < -0.39 is 10.0 Å². The number of sulfonamides is 1. The zero-order valence-electron chi connectivity index (χ0n) is 15.0. The Morgan fingerprint density at radius 1 is 1.27 bits per heavy atom. The van der Waals surface area contributed by atoms with Crippen molar-refractivity contribution in [2.75, 3.05) is 26.2 Å². The molecule has 7 nitrogen and oxygen atoms in total. The third-order valence-electron chi connectivity index (χ3n) is 5.02. The Hall–Kier alpha value is -1.93. The Morgan fingerprint density at radius 2 is 2.00 bits per heavy atom. The highest BCUT2D eigenvalue weighted by Crippen LogP contribution is 2.26. The normalized spacial score (nSPS) is 21.8. The van der Waals surface area contributed by atoms with E-state index >= 15 is 0 Å². The van der Waals surface area contributed by atoms with Crippen LogP contribution in [-0.2, 0) is 14.8 Å². The number of aliphatic imine (C=N–C) groups is 1. The van der Waals surface area contributed by atoms with Crippen molar-refractivity contribution in [3.63, 3.8) is 0 Å². The van der Waals surface area contributed by atoms with Crippen LogP contribution in [0, 0.1) is 5.41 Å². The van der Waals surface area contributed by atoms with Crippen LogP contribution in [0.4, 0.5) is 0 Å². The Balaban J connectivity index is 1.45. The van der Waals surface area contributed by atoms with Crippen LogP contribution < -0.4 is 15.4 Å². The summed E-state index contributed by atoms with van der Waals surface area (Å²) in [5.41, 5.74) is 0.767. The van der Waals surface area contributed by atoms with Gasteiger partial charge in [-0.2, -0.15) is 0 Å². The van der Waals surface area contributed by atoms with Crippen molar-refractivity contribution in [1.29, 1.82) is 0 Å². The van der Waals surface area contributed by atoms with Gasteiger partial charge in [0, 0.05) is 25.1 Å². The van der Waals surface area contributed by atoms with Gasteiger partial charge >= 0.3 is 0 Å². The molecule has 0 saturated carbocycles. The molecule has 3 N–H and O–H groups in total. The third kappa shape index (κ3) is 4.42. The number of piperidine rings is 1. The van der Waals surface area contributed by atoms with Gasteiger partial charge in [0.25, 0.3) is 10.0 Å². The minimum atomic E-state index is -3.50. The number of nitrogens with zero attached hydrogens (tertiary/aromatic N) is 1. The van der Waals surface area contributed by atoms with Gasteiger partial charge in [-0.25, -0.2) is 8.42 Å². The molecule has 0 atom stereocenters. The maximum absolute atomic E-state index is 12.0. The van der Waals surface area contributed by atoms with E-state index in [-0.39, 0.29) is 16.2 Å². The third-order valence-corrected chi connectivity index (χ3v) is 6.41. The molecule has 0 spiro atoms. The van der Waals surface area contributed by atoms with Crippen LogP contribution in [0.25, 0.3) is 0 Å². The van der Waals surface area contributed by atoms with E-state index in [1.807, 2.05) is 0 Å². The van der Waals surface area contributed by atoms with Gasteiger partial charge in [0.1, 0.15) is 5.84 Å². The molecule has 1 fully saturated rings. The van der Waals surface area contributed by atoms with Gasteiger partial charge in [0.05, 0.1) is 4.90 Å². The predicted octanol–water partition coefficient (Wildman–Crippen LogP) is 1.01. The van der Waals surface area contributed by atoms with Crippen LogP contribution in [0.2, 0.25) is 0 Å². The number of nitrogens with one attached hydrogen (secondary N) is 3. The maximum Gasteiger partial charge on any atom is 0.263 e. The van der Waals surface area contributed by atoms with Crippen molar-refractivity contribution in [1.82, 2.24) is 15.4 Å². The van der Waals surface area contributed by atoms with Gasteiger partial charge in [-0.3, -0.25) is 14.5 Å². The zero-order chi connectivity index (χ0) is 18.6. The number of carbonyl (C=O) groups is 1. The molecule has 1 saturated heterocycles. The Morgan fingerprint density at radius 3 is 2.77 bits per heavy atom. The summed E-state index contributed by atoms with van der Waals surface area (Å²) < 4.78 is 26.5. The van der Waals surface area contributed by atoms with Crippen molar-refractivity contribution in [2.45, 2.75) is 37.5 Å². The van der Waals surface area contributed by atoms with E-state index in [1.54, 1.807) is 24.3 Å². The number of hydrogen-bond donors (Lipinski definition) is 3. The number of carbonyl (C=O) groups excluding carboxylic acids is 1. The summed E-state index contributed by atoms with van der Waals surface area (Å²) in [6, 6.07) is 6.77. The lowest BCUT2D eigenvalue weighted by Gasteiger charge is -2.34. The SMILES string of the molecule is CC1(CNC(=O)CCCN=C2NS(=O)(=O)c3ccccc32)CCNCC1. The highest BCUT2D eigenvalue weighted by atomic mass is 32.2. The second-order valence-electron chi connectivity index (χ2n) is 7.27. The predicted molar refractivity (Wildman–Crippen MR) is 101 cm³/mol. The monoisotopic (exact) mass is 378 g/mol. The highest BCUT2D eigenvalue weighted by Gasteiger charge is 2.30. The van der Waals surface area contributed by atoms with Crippen LogP contribution in [0.5, 0.6) is 0 Å². The molecule has 142 valence electrons. The first kappa shape index (κ1) is 18.8. The molecule has 1 aromatic rings. The first-order chi connectivity index (χ1) is 12.4. The second kappa shape index (κ2) is 7.75. The van der Waals surface area contributed by atoms with Crippen molar-refractivity contribution in [2.24, 2.45) is 10.4 Å². The summed E-state index contributed by atoms with van der Waals surface area (Å²) in [6.45, 7) is 5.32. The lowest BCUT2D eigenvalue weighted by atomic mass is 9.81. The lowest BCUT2D eigenvalue weighted by Crippen LogP contribution is -2.42. The van der Waals surface area contributed by atoms with E-state index in [9.17, 15) is 13.2 Å². The summed E-state index contributed by atoms with van der Waals surface area (Å²) >= 11 is 0. The standard InChI is InChI=1S/C18H26N4O3S/c1-18(8-11-19-12-9-18)13-21-16(23)7-4-10-20-17-14-5-2-3-6-15(14)26(24,25)22-17/h2-3,5-6,19H,4,7-13H2,1H3,(H,20,22)(H,21,23). The summed E-state index contributed by atoms with van der Waals surface area (Å²) in [6.07, 6.45) is 3.11. The van der Waals surface area contributed by atoms with Crippen LogP contribution in [0.15, 0.2) is 34.2 Å². The average Bonchev–Trinajstić information content (AvgIpc) is 2.89. The number of benzene rings is 1. The molecule has 2 aliphatic heterocycles. The molecule has 0 aromatic heterocycles. The van der Waals surface area contributed by atoms with Gasteiger partial charge < -0.3 is 10.6 Å². The fraction of sp³-hybridized carbons (Fsp3) is 0.556. The van der Waals surface area contributed by atoms with Crippen LogP contribution in [0.1, 0.15) is 38.2 Å². The molecule has 0 aliphatic carbocycles. The number of amidine groups is 1. The minimum absolute atomic E-state index is 0.0253. The zero-order valence-corrected chi connectivity index (χ0v) is 15.9. The molecule has 26 heavy (non-hydrogen) atoms.